The van der Waals surface area contributed by atoms with Crippen molar-refractivity contribution in [2.45, 2.75) is 13.3 Å². The van der Waals surface area contributed by atoms with Crippen molar-refractivity contribution in [1.29, 1.82) is 0 Å². The highest BCUT2D eigenvalue weighted by molar-refractivity contribution is 7.22. The third-order valence-corrected chi connectivity index (χ3v) is 5.45. The molecule has 1 heterocycles. The van der Waals surface area contributed by atoms with Gasteiger partial charge in [-0.15, -0.1) is 0 Å². The Morgan fingerprint density at radius 3 is 2.48 bits per heavy atom. The maximum Gasteiger partial charge on any atom is 0.237 e. The molecule has 0 saturated heterocycles. The second-order valence-corrected chi connectivity index (χ2v) is 7.40. The van der Waals surface area contributed by atoms with Gasteiger partial charge in [0.05, 0.1) is 28.9 Å². The van der Waals surface area contributed by atoms with Gasteiger partial charge in [-0.2, -0.15) is 0 Å². The van der Waals surface area contributed by atoms with Gasteiger partial charge in [0.25, 0.3) is 0 Å². The molecule has 0 aliphatic carbocycles. The number of amides is 1. The van der Waals surface area contributed by atoms with Gasteiger partial charge in [-0.3, -0.25) is 9.69 Å². The molecule has 0 aliphatic rings. The fraction of sp³-hybridized carbons (Fsp3) is 0.130. The number of para-hydroxylation sites is 1. The predicted molar refractivity (Wildman–Crippen MR) is 114 cm³/mol. The number of aromatic nitrogens is 1. The van der Waals surface area contributed by atoms with E-state index in [4.69, 9.17) is 4.74 Å². The van der Waals surface area contributed by atoms with Gasteiger partial charge in [-0.25, -0.2) is 9.37 Å². The topological polar surface area (TPSA) is 42.4 Å². The van der Waals surface area contributed by atoms with E-state index in [0.717, 1.165) is 16.0 Å². The smallest absolute Gasteiger partial charge is 0.237 e. The third-order valence-electron chi connectivity index (χ3n) is 4.43. The lowest BCUT2D eigenvalue weighted by atomic mass is 10.1. The Bertz CT molecular complexity index is 1110. The van der Waals surface area contributed by atoms with Crippen molar-refractivity contribution < 1.29 is 13.9 Å². The van der Waals surface area contributed by atoms with Crippen molar-refractivity contribution in [3.8, 4) is 5.75 Å². The molecule has 1 aromatic heterocycles. The van der Waals surface area contributed by atoms with Crippen LogP contribution < -0.4 is 9.64 Å². The Kier molecular flexibility index (Phi) is 5.53. The summed E-state index contributed by atoms with van der Waals surface area (Å²) < 4.78 is 20.6. The second-order valence-electron chi connectivity index (χ2n) is 6.39. The van der Waals surface area contributed by atoms with E-state index in [2.05, 4.69) is 4.98 Å². The molecule has 4 aromatic rings. The Morgan fingerprint density at radius 2 is 1.76 bits per heavy atom. The average Bonchev–Trinajstić information content (AvgIpc) is 3.15. The summed E-state index contributed by atoms with van der Waals surface area (Å²) in [7, 11) is 0. The number of rotatable bonds is 6. The molecule has 6 heteroatoms. The Labute approximate surface area is 172 Å². The summed E-state index contributed by atoms with van der Waals surface area (Å²) in [5.74, 6) is 0.0807. The number of hydrogen-bond donors (Lipinski definition) is 0. The summed E-state index contributed by atoms with van der Waals surface area (Å²) in [6.07, 6.45) is -0.0597. The summed E-state index contributed by atoms with van der Waals surface area (Å²) in [5, 5.41) is 0.552. The minimum Gasteiger partial charge on any atom is -0.494 e. The lowest BCUT2D eigenvalue weighted by Gasteiger charge is -2.20. The van der Waals surface area contributed by atoms with Crippen molar-refractivity contribution in [1.82, 2.24) is 4.98 Å². The monoisotopic (exact) mass is 406 g/mol. The number of nitrogens with zero attached hydrogens (tertiary/aromatic N) is 2. The minimum absolute atomic E-state index is 0.0597. The summed E-state index contributed by atoms with van der Waals surface area (Å²) in [5.41, 5.74) is 1.84. The van der Waals surface area contributed by atoms with Crippen LogP contribution in [0.25, 0.3) is 10.2 Å². The van der Waals surface area contributed by atoms with Crippen molar-refractivity contribution >= 4 is 38.3 Å². The second kappa shape index (κ2) is 8.41. The Balaban J connectivity index is 1.73. The number of hydrogen-bond acceptors (Lipinski definition) is 4. The molecule has 0 atom stereocenters. The zero-order valence-corrected chi connectivity index (χ0v) is 16.7. The maximum absolute atomic E-state index is 14.1. The molecule has 0 unspecified atom stereocenters. The minimum atomic E-state index is -0.392. The first kappa shape index (κ1) is 19.1. The highest BCUT2D eigenvalue weighted by Crippen LogP contribution is 2.34. The normalized spacial score (nSPS) is 10.8. The van der Waals surface area contributed by atoms with Crippen molar-refractivity contribution in [3.63, 3.8) is 0 Å². The van der Waals surface area contributed by atoms with E-state index < -0.39 is 5.82 Å². The van der Waals surface area contributed by atoms with Gasteiger partial charge in [0.1, 0.15) is 11.6 Å². The lowest BCUT2D eigenvalue weighted by Crippen LogP contribution is -2.27. The first-order valence-corrected chi connectivity index (χ1v) is 10.1. The molecule has 0 aliphatic heterocycles. The highest BCUT2D eigenvalue weighted by atomic mass is 32.1. The number of carbonyl (C=O) groups is 1. The number of anilines is 2. The number of ether oxygens (including phenoxy) is 1. The van der Waals surface area contributed by atoms with Crippen LogP contribution in [0.3, 0.4) is 0 Å². The molecule has 1 amide bonds. The van der Waals surface area contributed by atoms with Gasteiger partial charge in [0.15, 0.2) is 5.13 Å². The van der Waals surface area contributed by atoms with Crippen molar-refractivity contribution in [3.05, 3.63) is 84.2 Å². The Morgan fingerprint density at radius 1 is 1.03 bits per heavy atom. The van der Waals surface area contributed by atoms with Crippen LogP contribution in [0.5, 0.6) is 5.75 Å². The zero-order valence-electron chi connectivity index (χ0n) is 15.8. The van der Waals surface area contributed by atoms with Crippen LogP contribution in [-0.4, -0.2) is 17.5 Å². The van der Waals surface area contributed by atoms with E-state index >= 15 is 0 Å². The van der Waals surface area contributed by atoms with E-state index in [-0.39, 0.29) is 12.3 Å². The van der Waals surface area contributed by atoms with Gasteiger partial charge < -0.3 is 4.74 Å². The Hall–Kier alpha value is -3.25. The highest BCUT2D eigenvalue weighted by Gasteiger charge is 2.23. The van der Waals surface area contributed by atoms with Crippen LogP contribution >= 0.6 is 11.3 Å². The number of fused-ring (bicyclic) bond motifs is 1. The molecule has 4 nitrogen and oxygen atoms in total. The SMILES string of the molecule is CCOc1ccc(N(C(=O)Cc2ccccc2F)c2nc3ccccc3s2)cc1. The molecule has 0 fully saturated rings. The largest absolute Gasteiger partial charge is 0.494 e. The van der Waals surface area contributed by atoms with E-state index in [0.29, 0.717) is 23.0 Å². The summed E-state index contributed by atoms with van der Waals surface area (Å²) >= 11 is 1.43. The molecule has 29 heavy (non-hydrogen) atoms. The van der Waals surface area contributed by atoms with Crippen LogP contribution in [0.4, 0.5) is 15.2 Å². The number of thiazole rings is 1. The summed E-state index contributed by atoms with van der Waals surface area (Å²) in [6, 6.07) is 21.3. The molecule has 0 spiro atoms. The predicted octanol–water partition coefficient (Wildman–Crippen LogP) is 5.74. The van der Waals surface area contributed by atoms with Crippen LogP contribution in [0, 0.1) is 5.82 Å². The van der Waals surface area contributed by atoms with E-state index in [1.807, 2.05) is 55.5 Å². The van der Waals surface area contributed by atoms with E-state index in [1.54, 1.807) is 23.1 Å². The van der Waals surface area contributed by atoms with Crippen LogP contribution in [0.15, 0.2) is 72.8 Å². The molecular weight excluding hydrogens is 387 g/mol. The standard InChI is InChI=1S/C23H19FN2O2S/c1-2-28-18-13-11-17(12-14-18)26(22(27)15-16-7-3-4-8-19(16)24)23-25-20-9-5-6-10-21(20)29-23/h3-14H,2,15H2,1H3. The average molecular weight is 406 g/mol. The third kappa shape index (κ3) is 4.12. The van der Waals surface area contributed by atoms with Gasteiger partial charge in [-0.1, -0.05) is 41.7 Å². The summed E-state index contributed by atoms with van der Waals surface area (Å²) in [6.45, 7) is 2.48. The van der Waals surface area contributed by atoms with Crippen molar-refractivity contribution in [2.75, 3.05) is 11.5 Å². The van der Waals surface area contributed by atoms with Gasteiger partial charge in [0.2, 0.25) is 5.91 Å². The lowest BCUT2D eigenvalue weighted by molar-refractivity contribution is -0.117. The van der Waals surface area contributed by atoms with Crippen LogP contribution in [0.1, 0.15) is 12.5 Å². The van der Waals surface area contributed by atoms with Crippen molar-refractivity contribution in [2.24, 2.45) is 0 Å². The number of carbonyl (C=O) groups excluding carboxylic acids is 1. The van der Waals surface area contributed by atoms with Gasteiger partial charge in [-0.05, 0) is 55.0 Å². The fourth-order valence-corrected chi connectivity index (χ4v) is 4.06. The van der Waals surface area contributed by atoms with Gasteiger partial charge in [0, 0.05) is 0 Å². The zero-order chi connectivity index (χ0) is 20.2. The van der Waals surface area contributed by atoms with Crippen LogP contribution in [-0.2, 0) is 11.2 Å². The van der Waals surface area contributed by atoms with Crippen LogP contribution in [0.2, 0.25) is 0 Å². The van der Waals surface area contributed by atoms with Gasteiger partial charge >= 0.3 is 0 Å². The van der Waals surface area contributed by atoms with E-state index in [9.17, 15) is 9.18 Å². The molecule has 0 bridgehead atoms. The summed E-state index contributed by atoms with van der Waals surface area (Å²) in [4.78, 5) is 19.4. The molecule has 3 aromatic carbocycles. The molecule has 146 valence electrons. The quantitative estimate of drug-likeness (QED) is 0.410. The molecular formula is C23H19FN2O2S. The maximum atomic E-state index is 14.1. The van der Waals surface area contributed by atoms with E-state index in [1.165, 1.54) is 17.4 Å². The molecule has 0 radical (unpaired) electrons. The fourth-order valence-electron chi connectivity index (χ4n) is 3.06. The molecule has 0 N–H and O–H groups in total. The molecule has 4 rings (SSSR count). The number of halogens is 1. The first-order chi connectivity index (χ1) is 14.2. The first-order valence-electron chi connectivity index (χ1n) is 9.30. The molecule has 0 saturated carbocycles. The number of benzene rings is 3.